The largest absolute Gasteiger partial charge is 0.325 e. The van der Waals surface area contributed by atoms with Gasteiger partial charge in [0.15, 0.2) is 0 Å². The molecule has 0 radical (unpaired) electrons. The lowest BCUT2D eigenvalue weighted by atomic mass is 9.92. The molecule has 2 rings (SSSR count). The molecule has 1 fully saturated rings. The third kappa shape index (κ3) is 5.65. The Morgan fingerprint density at radius 1 is 1.45 bits per heavy atom. The van der Waals surface area contributed by atoms with Crippen molar-refractivity contribution in [3.05, 3.63) is 23.2 Å². The lowest BCUT2D eigenvalue weighted by Crippen LogP contribution is -2.40. The summed E-state index contributed by atoms with van der Waals surface area (Å²) in [4.78, 5) is 13.5. The van der Waals surface area contributed by atoms with Gasteiger partial charge in [0.05, 0.1) is 5.69 Å². The Labute approximate surface area is 148 Å². The molecule has 1 aromatic carbocycles. The molecule has 1 heterocycles. The van der Waals surface area contributed by atoms with Crippen LogP contribution in [0.2, 0.25) is 5.02 Å². The Kier molecular flexibility index (Phi) is 8.04. The van der Waals surface area contributed by atoms with Crippen molar-refractivity contribution in [3.63, 3.8) is 0 Å². The lowest BCUT2D eigenvalue weighted by Gasteiger charge is -2.27. The van der Waals surface area contributed by atoms with E-state index in [0.29, 0.717) is 16.3 Å². The van der Waals surface area contributed by atoms with Crippen LogP contribution in [0.1, 0.15) is 33.6 Å². The van der Waals surface area contributed by atoms with E-state index in [0.717, 1.165) is 30.0 Å². The summed E-state index contributed by atoms with van der Waals surface area (Å²) < 4.78 is 0. The Morgan fingerprint density at radius 3 is 2.82 bits per heavy atom. The molecular formula is C16H24Cl2N2OS. The maximum Gasteiger partial charge on any atom is 0.227 e. The molecule has 1 aliphatic heterocycles. The Morgan fingerprint density at radius 2 is 2.18 bits per heavy atom. The fraction of sp³-hybridized carbons (Fsp3) is 0.562. The maximum atomic E-state index is 12.5. The molecule has 1 amide bonds. The second-order valence-corrected chi connectivity index (χ2v) is 7.93. The first-order chi connectivity index (χ1) is 9.95. The van der Waals surface area contributed by atoms with E-state index in [1.807, 2.05) is 18.2 Å². The Balaban J connectivity index is 0.00000242. The van der Waals surface area contributed by atoms with E-state index in [1.165, 1.54) is 0 Å². The second-order valence-electron chi connectivity index (χ2n) is 5.87. The Hall–Kier alpha value is -0.420. The summed E-state index contributed by atoms with van der Waals surface area (Å²) in [5.74, 6) is 0.188. The minimum Gasteiger partial charge on any atom is -0.325 e. The molecule has 1 aliphatic rings. The number of piperidine rings is 1. The van der Waals surface area contributed by atoms with Crippen LogP contribution in [-0.4, -0.2) is 23.7 Å². The summed E-state index contributed by atoms with van der Waals surface area (Å²) in [6, 6.07) is 6.09. The van der Waals surface area contributed by atoms with Crippen molar-refractivity contribution in [1.82, 2.24) is 5.32 Å². The highest BCUT2D eigenvalue weighted by atomic mass is 35.5. The highest BCUT2D eigenvalue weighted by Crippen LogP contribution is 2.33. The van der Waals surface area contributed by atoms with Gasteiger partial charge in [-0.1, -0.05) is 25.4 Å². The minimum absolute atomic E-state index is 0. The molecule has 124 valence electrons. The first-order valence-electron chi connectivity index (χ1n) is 7.46. The summed E-state index contributed by atoms with van der Waals surface area (Å²) >= 11 is 7.81. The van der Waals surface area contributed by atoms with Crippen molar-refractivity contribution in [2.45, 2.75) is 49.8 Å². The molecule has 2 atom stereocenters. The number of anilines is 1. The molecule has 2 N–H and O–H groups in total. The molecule has 0 aromatic heterocycles. The quantitative estimate of drug-likeness (QED) is 0.769. The third-order valence-corrected chi connectivity index (χ3v) is 4.87. The highest BCUT2D eigenvalue weighted by molar-refractivity contribution is 8.00. The number of carbonyl (C=O) groups excluding carboxylic acids is 1. The van der Waals surface area contributed by atoms with Crippen LogP contribution in [0.4, 0.5) is 5.69 Å². The summed E-state index contributed by atoms with van der Waals surface area (Å²) in [6.45, 7) is 7.31. The number of nitrogens with one attached hydrogen (secondary N) is 2. The number of amides is 1. The summed E-state index contributed by atoms with van der Waals surface area (Å²) in [5, 5.41) is 7.56. The van der Waals surface area contributed by atoms with Gasteiger partial charge < -0.3 is 10.6 Å². The fourth-order valence-electron chi connectivity index (χ4n) is 2.56. The predicted octanol–water partition coefficient (Wildman–Crippen LogP) is 4.59. The van der Waals surface area contributed by atoms with Crippen LogP contribution in [-0.2, 0) is 4.79 Å². The summed E-state index contributed by atoms with van der Waals surface area (Å²) in [6.07, 6.45) is 1.78. The van der Waals surface area contributed by atoms with E-state index >= 15 is 0 Å². The van der Waals surface area contributed by atoms with Gasteiger partial charge in [-0.2, -0.15) is 0 Å². The van der Waals surface area contributed by atoms with Gasteiger partial charge in [-0.3, -0.25) is 4.79 Å². The molecule has 0 spiro atoms. The average molecular weight is 363 g/mol. The van der Waals surface area contributed by atoms with Gasteiger partial charge in [0.1, 0.15) is 0 Å². The van der Waals surface area contributed by atoms with E-state index in [1.54, 1.807) is 11.8 Å². The third-order valence-electron chi connectivity index (χ3n) is 3.56. The van der Waals surface area contributed by atoms with Crippen LogP contribution >= 0.6 is 35.8 Å². The fourth-order valence-corrected chi connectivity index (χ4v) is 3.62. The zero-order valence-electron chi connectivity index (χ0n) is 13.2. The maximum absolute atomic E-state index is 12.5. The minimum atomic E-state index is 0. The van der Waals surface area contributed by atoms with Crippen LogP contribution in [0.15, 0.2) is 23.1 Å². The molecular weight excluding hydrogens is 339 g/mol. The number of halogens is 2. The lowest BCUT2D eigenvalue weighted by molar-refractivity contribution is -0.120. The van der Waals surface area contributed by atoms with E-state index < -0.39 is 0 Å². The van der Waals surface area contributed by atoms with Gasteiger partial charge in [0.25, 0.3) is 0 Å². The predicted molar refractivity (Wildman–Crippen MR) is 98.5 cm³/mol. The molecule has 6 heteroatoms. The van der Waals surface area contributed by atoms with Gasteiger partial charge in [-0.05, 0) is 44.5 Å². The summed E-state index contributed by atoms with van der Waals surface area (Å²) in [5.41, 5.74) is 0.831. The first kappa shape index (κ1) is 19.6. The van der Waals surface area contributed by atoms with Crippen LogP contribution in [0.3, 0.4) is 0 Å². The zero-order valence-corrected chi connectivity index (χ0v) is 15.6. The second kappa shape index (κ2) is 9.02. The number of hydrogen-bond acceptors (Lipinski definition) is 3. The number of thioether (sulfide) groups is 1. The average Bonchev–Trinajstić information content (AvgIpc) is 2.41. The molecule has 1 saturated heterocycles. The first-order valence-corrected chi connectivity index (χ1v) is 8.72. The SMILES string of the molecule is CC(C)Sc1ccc(Cl)cc1NC(=O)[C@H]1CCN[C@@H](C)C1.Cl. The van der Waals surface area contributed by atoms with Crippen molar-refractivity contribution < 1.29 is 4.79 Å². The van der Waals surface area contributed by atoms with Crippen LogP contribution in [0, 0.1) is 5.92 Å². The van der Waals surface area contributed by atoms with E-state index in [9.17, 15) is 4.79 Å². The smallest absolute Gasteiger partial charge is 0.227 e. The van der Waals surface area contributed by atoms with Crippen molar-refractivity contribution >= 4 is 47.4 Å². The van der Waals surface area contributed by atoms with Crippen molar-refractivity contribution in [1.29, 1.82) is 0 Å². The highest BCUT2D eigenvalue weighted by Gasteiger charge is 2.25. The van der Waals surface area contributed by atoms with Gasteiger partial charge in [-0.25, -0.2) is 0 Å². The molecule has 0 saturated carbocycles. The van der Waals surface area contributed by atoms with E-state index in [4.69, 9.17) is 11.6 Å². The standard InChI is InChI=1S/C16H23ClN2OS.ClH/c1-10(2)21-15-5-4-13(17)9-14(15)19-16(20)12-6-7-18-11(3)8-12;/h4-5,9-12,18H,6-8H2,1-3H3,(H,19,20);1H/t11-,12-;/m0./s1. The molecule has 1 aromatic rings. The molecule has 0 bridgehead atoms. The number of benzene rings is 1. The molecule has 22 heavy (non-hydrogen) atoms. The Bertz CT molecular complexity index is 511. The van der Waals surface area contributed by atoms with Crippen LogP contribution < -0.4 is 10.6 Å². The topological polar surface area (TPSA) is 41.1 Å². The number of rotatable bonds is 4. The molecule has 3 nitrogen and oxygen atoms in total. The van der Waals surface area contributed by atoms with Gasteiger partial charge in [0, 0.05) is 27.1 Å². The van der Waals surface area contributed by atoms with Crippen LogP contribution in [0.25, 0.3) is 0 Å². The normalized spacial score (nSPS) is 21.3. The van der Waals surface area contributed by atoms with Gasteiger partial charge in [-0.15, -0.1) is 24.2 Å². The van der Waals surface area contributed by atoms with Crippen molar-refractivity contribution in [2.24, 2.45) is 5.92 Å². The van der Waals surface area contributed by atoms with E-state index in [-0.39, 0.29) is 24.2 Å². The van der Waals surface area contributed by atoms with Gasteiger partial charge in [0.2, 0.25) is 5.91 Å². The van der Waals surface area contributed by atoms with Crippen LogP contribution in [0.5, 0.6) is 0 Å². The number of hydrogen-bond donors (Lipinski definition) is 2. The zero-order chi connectivity index (χ0) is 15.4. The van der Waals surface area contributed by atoms with Crippen molar-refractivity contribution in [3.8, 4) is 0 Å². The van der Waals surface area contributed by atoms with Crippen molar-refractivity contribution in [2.75, 3.05) is 11.9 Å². The monoisotopic (exact) mass is 362 g/mol. The number of carbonyl (C=O) groups is 1. The van der Waals surface area contributed by atoms with E-state index in [2.05, 4.69) is 31.4 Å². The van der Waals surface area contributed by atoms with Gasteiger partial charge >= 0.3 is 0 Å². The molecule has 0 unspecified atom stereocenters. The molecule has 0 aliphatic carbocycles. The summed E-state index contributed by atoms with van der Waals surface area (Å²) in [7, 11) is 0.